The van der Waals surface area contributed by atoms with Crippen LogP contribution in [0.4, 0.5) is 22.4 Å². The Hall–Kier alpha value is -3.13. The number of hydrogen-bond acceptors (Lipinski definition) is 3. The molecule has 0 bridgehead atoms. The van der Waals surface area contributed by atoms with E-state index in [0.717, 1.165) is 12.1 Å². The molecule has 1 atom stereocenters. The van der Waals surface area contributed by atoms with Gasteiger partial charge in [-0.3, -0.25) is 4.98 Å². The second kappa shape index (κ2) is 10.4. The average molecular weight is 495 g/mol. The lowest BCUT2D eigenvalue weighted by Gasteiger charge is -2.35. The second-order valence-corrected chi connectivity index (χ2v) is 8.71. The Bertz CT molecular complexity index is 1120. The van der Waals surface area contributed by atoms with E-state index >= 15 is 0 Å². The predicted molar refractivity (Wildman–Crippen MR) is 121 cm³/mol. The lowest BCUT2D eigenvalue weighted by Crippen LogP contribution is -2.49. The molecule has 2 aromatic carbocycles. The minimum absolute atomic E-state index is 0.0222. The molecule has 0 unspecified atom stereocenters. The third kappa shape index (κ3) is 6.26. The van der Waals surface area contributed by atoms with Gasteiger partial charge in [-0.1, -0.05) is 55.8 Å². The van der Waals surface area contributed by atoms with Crippen LogP contribution in [0.25, 0.3) is 0 Å². The molecule has 0 aliphatic rings. The molecule has 1 N–H and O–H groups in total. The fourth-order valence-corrected chi connectivity index (χ4v) is 3.62. The Morgan fingerprint density at radius 1 is 1.06 bits per heavy atom. The molecule has 0 saturated carbocycles. The lowest BCUT2D eigenvalue weighted by atomic mass is 9.80. The van der Waals surface area contributed by atoms with Crippen LogP contribution in [0.15, 0.2) is 66.9 Å². The van der Waals surface area contributed by atoms with Gasteiger partial charge in [0.05, 0.1) is 22.9 Å². The predicted octanol–water partition coefficient (Wildman–Crippen LogP) is 6.76. The van der Waals surface area contributed by atoms with Crippen LogP contribution in [0.5, 0.6) is 0 Å². The van der Waals surface area contributed by atoms with E-state index < -0.39 is 29.2 Å². The van der Waals surface area contributed by atoms with E-state index in [1.165, 1.54) is 18.3 Å². The summed E-state index contributed by atoms with van der Waals surface area (Å²) in [5, 5.41) is 2.98. The van der Waals surface area contributed by atoms with Gasteiger partial charge in [-0.2, -0.15) is 13.2 Å². The van der Waals surface area contributed by atoms with Crippen molar-refractivity contribution in [1.29, 1.82) is 0 Å². The molecule has 180 valence electrons. The summed E-state index contributed by atoms with van der Waals surface area (Å²) in [6.45, 7) is 3.76. The van der Waals surface area contributed by atoms with Crippen LogP contribution in [0.3, 0.4) is 0 Å². The monoisotopic (exact) mass is 494 g/mol. The van der Waals surface area contributed by atoms with Crippen LogP contribution in [-0.4, -0.2) is 17.7 Å². The summed E-state index contributed by atoms with van der Waals surface area (Å²) in [6, 6.07) is 13.9. The molecule has 0 saturated heterocycles. The minimum Gasteiger partial charge on any atom is -0.449 e. The number of nitrogens with one attached hydrogen (secondary N) is 1. The highest BCUT2D eigenvalue weighted by atomic mass is 35.5. The highest BCUT2D eigenvalue weighted by molar-refractivity contribution is 6.30. The summed E-state index contributed by atoms with van der Waals surface area (Å²) in [5.41, 5.74) is -2.18. The van der Waals surface area contributed by atoms with Crippen LogP contribution in [0, 0.1) is 11.7 Å². The molecule has 1 heterocycles. The first-order valence-corrected chi connectivity index (χ1v) is 10.9. The van der Waals surface area contributed by atoms with Crippen molar-refractivity contribution in [3.8, 4) is 0 Å². The van der Waals surface area contributed by atoms with Crippen molar-refractivity contribution in [2.24, 2.45) is 5.92 Å². The number of alkyl carbamates (subject to hydrolysis) is 1. The molecule has 34 heavy (non-hydrogen) atoms. The van der Waals surface area contributed by atoms with Crippen molar-refractivity contribution >= 4 is 17.7 Å². The van der Waals surface area contributed by atoms with E-state index in [-0.39, 0.29) is 35.2 Å². The van der Waals surface area contributed by atoms with Crippen molar-refractivity contribution in [3.05, 3.63) is 100 Å². The largest absolute Gasteiger partial charge is 0.449 e. The third-order valence-corrected chi connectivity index (χ3v) is 5.28. The lowest BCUT2D eigenvalue weighted by molar-refractivity contribution is -0.137. The Labute approximate surface area is 199 Å². The van der Waals surface area contributed by atoms with Crippen molar-refractivity contribution < 1.29 is 27.1 Å². The molecule has 0 fully saturated rings. The molecule has 0 aliphatic heterocycles. The molecule has 3 aromatic rings. The normalized spacial score (nSPS) is 13.4. The molecule has 9 heteroatoms. The van der Waals surface area contributed by atoms with Crippen LogP contribution in [-0.2, 0) is 22.9 Å². The highest BCUT2D eigenvalue weighted by Crippen LogP contribution is 2.38. The molecular formula is C25H23ClF4N2O2. The quantitative estimate of drug-likeness (QED) is 0.369. The van der Waals surface area contributed by atoms with Crippen molar-refractivity contribution in [3.63, 3.8) is 0 Å². The fraction of sp³-hybridized carbons (Fsp3) is 0.280. The number of aromatic nitrogens is 1. The number of hydrogen-bond donors (Lipinski definition) is 1. The Morgan fingerprint density at radius 2 is 1.74 bits per heavy atom. The number of nitrogens with zero attached hydrogens (tertiary/aromatic N) is 1. The average Bonchev–Trinajstić information content (AvgIpc) is 2.77. The molecule has 1 amide bonds. The maximum absolute atomic E-state index is 14.5. The third-order valence-electron chi connectivity index (χ3n) is 5.06. The van der Waals surface area contributed by atoms with Gasteiger partial charge in [-0.05, 0) is 47.4 Å². The summed E-state index contributed by atoms with van der Waals surface area (Å²) in [6.07, 6.45) is -4.40. The van der Waals surface area contributed by atoms with Crippen LogP contribution in [0.1, 0.15) is 36.2 Å². The molecule has 0 radical (unpaired) electrons. The van der Waals surface area contributed by atoms with E-state index in [4.69, 9.17) is 16.3 Å². The zero-order valence-electron chi connectivity index (χ0n) is 18.5. The first-order chi connectivity index (χ1) is 16.0. The van der Waals surface area contributed by atoms with E-state index in [1.807, 2.05) is 13.8 Å². The van der Waals surface area contributed by atoms with Crippen LogP contribution in [0.2, 0.25) is 5.02 Å². The summed E-state index contributed by atoms with van der Waals surface area (Å²) >= 11 is 5.99. The van der Waals surface area contributed by atoms with E-state index in [9.17, 15) is 22.4 Å². The standard InChI is InChI=1S/C25H23ClF4N2O2/c1-16(2)15-34-23(33)32-24(13-17-6-4-3-5-7-17,22-9-8-20(26)14-31-22)18-10-19(25(28,29)30)12-21(27)11-18/h3-12,14,16H,13,15H2,1-2H3,(H,32,33)/t24-/m0/s1. The molecule has 4 nitrogen and oxygen atoms in total. The SMILES string of the molecule is CC(C)COC(=O)N[C@@](Cc1ccccc1)(c1cc(F)cc(C(F)(F)F)c1)c1ccc(Cl)cn1. The van der Waals surface area contributed by atoms with Crippen molar-refractivity contribution in [2.75, 3.05) is 6.61 Å². The van der Waals surface area contributed by atoms with Gasteiger partial charge in [0.15, 0.2) is 0 Å². The number of ether oxygens (including phenoxy) is 1. The number of amides is 1. The summed E-state index contributed by atoms with van der Waals surface area (Å²) in [5.74, 6) is -1.08. The second-order valence-electron chi connectivity index (χ2n) is 8.27. The maximum Gasteiger partial charge on any atom is 0.416 e. The minimum atomic E-state index is -4.80. The first kappa shape index (κ1) is 25.5. The highest BCUT2D eigenvalue weighted by Gasteiger charge is 2.41. The molecule has 0 aliphatic carbocycles. The van der Waals surface area contributed by atoms with E-state index in [0.29, 0.717) is 11.6 Å². The van der Waals surface area contributed by atoms with Gasteiger partial charge >= 0.3 is 12.3 Å². The zero-order valence-corrected chi connectivity index (χ0v) is 19.3. The maximum atomic E-state index is 14.5. The zero-order chi connectivity index (χ0) is 24.9. The fourth-order valence-electron chi connectivity index (χ4n) is 3.50. The molecule has 3 rings (SSSR count). The van der Waals surface area contributed by atoms with E-state index in [1.54, 1.807) is 30.3 Å². The van der Waals surface area contributed by atoms with Crippen LogP contribution < -0.4 is 5.32 Å². The van der Waals surface area contributed by atoms with Gasteiger partial charge in [-0.25, -0.2) is 9.18 Å². The topological polar surface area (TPSA) is 51.2 Å². The summed E-state index contributed by atoms with van der Waals surface area (Å²) in [4.78, 5) is 17.1. The van der Waals surface area contributed by atoms with Gasteiger partial charge in [0, 0.05) is 12.6 Å². The number of carbonyl (C=O) groups is 1. The number of carbonyl (C=O) groups excluding carboxylic acids is 1. The number of rotatable bonds is 7. The number of pyridine rings is 1. The summed E-state index contributed by atoms with van der Waals surface area (Å²) < 4.78 is 60.5. The summed E-state index contributed by atoms with van der Waals surface area (Å²) in [7, 11) is 0. The van der Waals surface area contributed by atoms with Gasteiger partial charge in [-0.15, -0.1) is 0 Å². The first-order valence-electron chi connectivity index (χ1n) is 10.5. The molecular weight excluding hydrogens is 472 g/mol. The van der Waals surface area contributed by atoms with Gasteiger partial charge in [0.2, 0.25) is 0 Å². The van der Waals surface area contributed by atoms with E-state index in [2.05, 4.69) is 10.3 Å². The Kier molecular flexibility index (Phi) is 7.82. The van der Waals surface area contributed by atoms with Gasteiger partial charge in [0.1, 0.15) is 11.4 Å². The van der Waals surface area contributed by atoms with Gasteiger partial charge in [0.25, 0.3) is 0 Å². The Balaban J connectivity index is 2.25. The number of alkyl halides is 3. The van der Waals surface area contributed by atoms with Crippen LogP contribution >= 0.6 is 11.6 Å². The van der Waals surface area contributed by atoms with Crippen molar-refractivity contribution in [1.82, 2.24) is 10.3 Å². The van der Waals surface area contributed by atoms with Gasteiger partial charge < -0.3 is 10.1 Å². The molecule has 0 spiro atoms. The smallest absolute Gasteiger partial charge is 0.416 e. The Morgan fingerprint density at radius 3 is 2.32 bits per heavy atom. The molecule has 1 aromatic heterocycles. The number of benzene rings is 2. The van der Waals surface area contributed by atoms with Crippen molar-refractivity contribution in [2.45, 2.75) is 32.0 Å². The number of halogens is 5.